The molecule has 2 unspecified atom stereocenters. The fourth-order valence-corrected chi connectivity index (χ4v) is 4.97. The van der Waals surface area contributed by atoms with Gasteiger partial charge in [-0.05, 0) is 37.5 Å². The minimum atomic E-state index is -3.64. The van der Waals surface area contributed by atoms with Crippen molar-refractivity contribution in [3.8, 4) is 0 Å². The molecule has 2 aliphatic rings. The third-order valence-electron chi connectivity index (χ3n) is 4.56. The number of rotatable bonds is 4. The van der Waals surface area contributed by atoms with Crippen LogP contribution >= 0.6 is 0 Å². The highest BCUT2D eigenvalue weighted by atomic mass is 32.2. The average molecular weight is 338 g/mol. The fraction of sp³-hybridized carbons (Fsp3) is 0.562. The Morgan fingerprint density at radius 1 is 1.17 bits per heavy atom. The maximum absolute atomic E-state index is 12.5. The number of benzene rings is 1. The van der Waals surface area contributed by atoms with Gasteiger partial charge in [-0.3, -0.25) is 9.52 Å². The van der Waals surface area contributed by atoms with Crippen molar-refractivity contribution in [1.29, 1.82) is 0 Å². The van der Waals surface area contributed by atoms with E-state index in [1.54, 1.807) is 29.2 Å². The van der Waals surface area contributed by atoms with Gasteiger partial charge in [-0.25, -0.2) is 8.42 Å². The van der Waals surface area contributed by atoms with E-state index < -0.39 is 21.4 Å². The van der Waals surface area contributed by atoms with E-state index in [-0.39, 0.29) is 5.91 Å². The Kier molecular flexibility index (Phi) is 4.59. The van der Waals surface area contributed by atoms with Crippen LogP contribution in [0.2, 0.25) is 0 Å². The van der Waals surface area contributed by atoms with Crippen molar-refractivity contribution in [2.24, 2.45) is 0 Å². The zero-order valence-electron chi connectivity index (χ0n) is 12.9. The number of hydrogen-bond donors (Lipinski definition) is 2. The monoisotopic (exact) mass is 338 g/mol. The van der Waals surface area contributed by atoms with E-state index in [0.717, 1.165) is 19.3 Å². The van der Waals surface area contributed by atoms with Crippen LogP contribution in [-0.4, -0.2) is 37.3 Å². The van der Waals surface area contributed by atoms with Crippen LogP contribution in [0.1, 0.15) is 38.5 Å². The van der Waals surface area contributed by atoms with Gasteiger partial charge in [0.2, 0.25) is 15.9 Å². The summed E-state index contributed by atoms with van der Waals surface area (Å²) in [7, 11) is -3.64. The van der Waals surface area contributed by atoms with E-state index in [9.17, 15) is 18.3 Å². The molecule has 2 fully saturated rings. The first-order valence-electron chi connectivity index (χ1n) is 8.07. The number of nitrogens with one attached hydrogen (secondary N) is 1. The van der Waals surface area contributed by atoms with Crippen molar-refractivity contribution in [3.05, 3.63) is 24.3 Å². The minimum Gasteiger partial charge on any atom is -0.392 e. The molecule has 2 N–H and O–H groups in total. The van der Waals surface area contributed by atoms with Gasteiger partial charge in [-0.2, -0.15) is 0 Å². The molecular weight excluding hydrogens is 316 g/mol. The highest BCUT2D eigenvalue weighted by molar-refractivity contribution is 7.93. The predicted molar refractivity (Wildman–Crippen MR) is 88.8 cm³/mol. The van der Waals surface area contributed by atoms with E-state index in [4.69, 9.17) is 0 Å². The zero-order chi connectivity index (χ0) is 16.4. The van der Waals surface area contributed by atoms with Gasteiger partial charge in [0.25, 0.3) is 0 Å². The molecule has 1 aliphatic heterocycles. The normalized spacial score (nSPS) is 25.6. The number of carbonyl (C=O) groups excluding carboxylic acids is 1. The van der Waals surface area contributed by atoms with Crippen molar-refractivity contribution >= 4 is 27.3 Å². The van der Waals surface area contributed by atoms with E-state index in [0.29, 0.717) is 37.2 Å². The summed E-state index contributed by atoms with van der Waals surface area (Å²) in [5.74, 6) is 0.0627. The largest absolute Gasteiger partial charge is 0.392 e. The Morgan fingerprint density at radius 3 is 2.65 bits per heavy atom. The summed E-state index contributed by atoms with van der Waals surface area (Å²) in [5, 5.41) is 9.20. The predicted octanol–water partition coefficient (Wildman–Crippen LogP) is 1.86. The van der Waals surface area contributed by atoms with E-state index in [1.165, 1.54) is 0 Å². The molecule has 1 amide bonds. The average Bonchev–Trinajstić information content (AvgIpc) is 2.93. The molecule has 0 radical (unpaired) electrons. The first-order chi connectivity index (χ1) is 11.0. The number of sulfonamides is 1. The maximum Gasteiger partial charge on any atom is 0.238 e. The van der Waals surface area contributed by atoms with Gasteiger partial charge in [0.05, 0.1) is 11.8 Å². The second kappa shape index (κ2) is 6.49. The number of anilines is 2. The summed E-state index contributed by atoms with van der Waals surface area (Å²) in [6.07, 6.45) is 3.21. The molecule has 1 aliphatic carbocycles. The smallest absolute Gasteiger partial charge is 0.238 e. The molecule has 126 valence electrons. The minimum absolute atomic E-state index is 0.0627. The number of hydrogen-bond acceptors (Lipinski definition) is 4. The second-order valence-electron chi connectivity index (χ2n) is 6.24. The third kappa shape index (κ3) is 3.50. The molecule has 1 saturated heterocycles. The summed E-state index contributed by atoms with van der Waals surface area (Å²) in [6.45, 7) is 0.663. The standard InChI is InChI=1S/C16H22N2O4S/c19-14-7-1-2-8-15(14)23(21,22)17-12-5-3-6-13(11-12)18-10-4-9-16(18)20/h3,5-6,11,14-15,17,19H,1-2,4,7-10H2. The van der Waals surface area contributed by atoms with Gasteiger partial charge in [0, 0.05) is 18.7 Å². The summed E-state index contributed by atoms with van der Waals surface area (Å²) < 4.78 is 27.6. The molecule has 6 nitrogen and oxygen atoms in total. The van der Waals surface area contributed by atoms with E-state index in [2.05, 4.69) is 4.72 Å². The van der Waals surface area contributed by atoms with Crippen LogP contribution in [0.15, 0.2) is 24.3 Å². The molecule has 1 saturated carbocycles. The second-order valence-corrected chi connectivity index (χ2v) is 8.14. The first kappa shape index (κ1) is 16.3. The maximum atomic E-state index is 12.5. The molecular formula is C16H22N2O4S. The number of aliphatic hydroxyl groups is 1. The lowest BCUT2D eigenvalue weighted by molar-refractivity contribution is -0.117. The Bertz CT molecular complexity index is 689. The molecule has 1 aromatic rings. The topological polar surface area (TPSA) is 86.7 Å². The van der Waals surface area contributed by atoms with Crippen LogP contribution in [0.4, 0.5) is 11.4 Å². The van der Waals surface area contributed by atoms with Crippen LogP contribution in [0, 0.1) is 0 Å². The van der Waals surface area contributed by atoms with Crippen LogP contribution in [0.3, 0.4) is 0 Å². The lowest BCUT2D eigenvalue weighted by atomic mass is 9.97. The lowest BCUT2D eigenvalue weighted by Crippen LogP contribution is -2.40. The number of amides is 1. The third-order valence-corrected chi connectivity index (χ3v) is 6.42. The fourth-order valence-electron chi connectivity index (χ4n) is 3.34. The number of nitrogens with zero attached hydrogens (tertiary/aromatic N) is 1. The highest BCUT2D eigenvalue weighted by Crippen LogP contribution is 2.28. The summed E-state index contributed by atoms with van der Waals surface area (Å²) in [5.41, 5.74) is 1.14. The van der Waals surface area contributed by atoms with Crippen molar-refractivity contribution < 1.29 is 18.3 Å². The molecule has 0 aromatic heterocycles. The van der Waals surface area contributed by atoms with Gasteiger partial charge in [0.15, 0.2) is 0 Å². The Balaban J connectivity index is 1.78. The van der Waals surface area contributed by atoms with Gasteiger partial charge in [-0.1, -0.05) is 18.9 Å². The molecule has 3 rings (SSSR count). The number of carbonyl (C=O) groups is 1. The highest BCUT2D eigenvalue weighted by Gasteiger charge is 2.34. The van der Waals surface area contributed by atoms with Crippen molar-refractivity contribution in [2.45, 2.75) is 49.9 Å². The molecule has 1 heterocycles. The number of aliphatic hydroxyl groups excluding tert-OH is 1. The Morgan fingerprint density at radius 2 is 1.96 bits per heavy atom. The molecule has 2 atom stereocenters. The zero-order valence-corrected chi connectivity index (χ0v) is 13.8. The first-order valence-corrected chi connectivity index (χ1v) is 9.62. The van der Waals surface area contributed by atoms with Crippen molar-refractivity contribution in [2.75, 3.05) is 16.2 Å². The van der Waals surface area contributed by atoms with Crippen LogP contribution in [0.25, 0.3) is 0 Å². The van der Waals surface area contributed by atoms with E-state index >= 15 is 0 Å². The SMILES string of the molecule is O=C1CCCN1c1cccc(NS(=O)(=O)C2CCCCC2O)c1. The molecule has 1 aromatic carbocycles. The van der Waals surface area contributed by atoms with Gasteiger partial charge < -0.3 is 10.0 Å². The van der Waals surface area contributed by atoms with Crippen molar-refractivity contribution in [1.82, 2.24) is 0 Å². The van der Waals surface area contributed by atoms with Gasteiger partial charge in [-0.15, -0.1) is 0 Å². The quantitative estimate of drug-likeness (QED) is 0.877. The Hall–Kier alpha value is -1.60. The van der Waals surface area contributed by atoms with Gasteiger partial charge in [0.1, 0.15) is 5.25 Å². The summed E-state index contributed by atoms with van der Waals surface area (Å²) in [6, 6.07) is 6.87. The molecule has 7 heteroatoms. The summed E-state index contributed by atoms with van der Waals surface area (Å²) >= 11 is 0. The lowest BCUT2D eigenvalue weighted by Gasteiger charge is -2.27. The molecule has 23 heavy (non-hydrogen) atoms. The molecule has 0 bridgehead atoms. The van der Waals surface area contributed by atoms with E-state index in [1.807, 2.05) is 0 Å². The Labute approximate surface area is 136 Å². The molecule has 0 spiro atoms. The van der Waals surface area contributed by atoms with Gasteiger partial charge >= 0.3 is 0 Å². The summed E-state index contributed by atoms with van der Waals surface area (Å²) in [4.78, 5) is 13.5. The van der Waals surface area contributed by atoms with Crippen LogP contribution in [0.5, 0.6) is 0 Å². The van der Waals surface area contributed by atoms with Crippen molar-refractivity contribution in [3.63, 3.8) is 0 Å². The van der Waals surface area contributed by atoms with Crippen LogP contribution < -0.4 is 9.62 Å². The van der Waals surface area contributed by atoms with Crippen LogP contribution in [-0.2, 0) is 14.8 Å².